The molecule has 0 saturated carbocycles. The van der Waals surface area contributed by atoms with Crippen molar-refractivity contribution in [1.29, 1.82) is 0 Å². The fraction of sp³-hybridized carbons (Fsp3) is 0. The largest absolute Gasteiger partial charge is 0.515 e. The molecule has 1 aromatic heterocycles. The third-order valence-corrected chi connectivity index (χ3v) is 2.43. The zero-order valence-corrected chi connectivity index (χ0v) is 10.5. The molecule has 0 unspecified atom stereocenters. The molecule has 0 atom stereocenters. The van der Waals surface area contributed by atoms with Crippen molar-refractivity contribution in [3.63, 3.8) is 0 Å². The van der Waals surface area contributed by atoms with Crippen molar-refractivity contribution < 1.29 is 19.7 Å². The smallest absolute Gasteiger partial charge is 0.390 e. The number of benzene rings is 1. The monoisotopic (exact) mass is 326 g/mol. The van der Waals surface area contributed by atoms with Gasteiger partial charge in [-0.1, -0.05) is 0 Å². The molecule has 0 radical (unpaired) electrons. The molecule has 0 bridgehead atoms. The summed E-state index contributed by atoms with van der Waals surface area (Å²) < 4.78 is 0. The molecule has 0 aliphatic heterocycles. The van der Waals surface area contributed by atoms with Crippen molar-refractivity contribution in [2.75, 3.05) is 0 Å². The van der Waals surface area contributed by atoms with Crippen molar-refractivity contribution >= 4 is 23.0 Å². The molecule has 118 valence electrons. The van der Waals surface area contributed by atoms with Crippen LogP contribution in [0, 0.1) is 40.5 Å². The maximum atomic E-state index is 11.0. The lowest BCUT2D eigenvalue weighted by molar-refractivity contribution is -0.403. The number of nitrogens with zero attached hydrogens (tertiary/aromatic N) is 8. The van der Waals surface area contributed by atoms with E-state index in [9.17, 15) is 40.5 Å². The molecule has 16 heteroatoms. The third kappa shape index (κ3) is 2.70. The van der Waals surface area contributed by atoms with E-state index in [2.05, 4.69) is 15.4 Å². The molecule has 1 heterocycles. The normalized spacial score (nSPS) is 10.3. The van der Waals surface area contributed by atoms with Crippen molar-refractivity contribution in [3.8, 4) is 5.69 Å². The van der Waals surface area contributed by atoms with Crippen LogP contribution in [0.25, 0.3) is 5.69 Å². The number of hydrogen-bond acceptors (Lipinski definition) is 11. The van der Waals surface area contributed by atoms with Gasteiger partial charge in [0.15, 0.2) is 0 Å². The Bertz CT molecular complexity index is 823. The number of nitro groups is 4. The molecule has 0 fully saturated rings. The molecule has 0 N–H and O–H groups in total. The molecular weight excluding hydrogens is 324 g/mol. The maximum Gasteiger partial charge on any atom is 0.515 e. The minimum Gasteiger partial charge on any atom is -0.390 e. The highest BCUT2D eigenvalue weighted by Gasteiger charge is 2.35. The van der Waals surface area contributed by atoms with E-state index in [0.29, 0.717) is 12.1 Å². The summed E-state index contributed by atoms with van der Waals surface area (Å²) in [5, 5.41) is 52.5. The van der Waals surface area contributed by atoms with Gasteiger partial charge in [-0.05, 0) is 9.72 Å². The van der Waals surface area contributed by atoms with E-state index in [1.165, 1.54) is 0 Å². The maximum absolute atomic E-state index is 11.0. The highest BCUT2D eigenvalue weighted by Crippen LogP contribution is 2.35. The lowest BCUT2D eigenvalue weighted by Crippen LogP contribution is -2.08. The average molecular weight is 326 g/mol. The Morgan fingerprint density at radius 3 is 1.70 bits per heavy atom. The Kier molecular flexibility index (Phi) is 3.55. The van der Waals surface area contributed by atoms with Gasteiger partial charge in [-0.25, -0.2) is 0 Å². The molecular formula is C7H2N8O8. The summed E-state index contributed by atoms with van der Waals surface area (Å²) in [4.78, 5) is 39.0. The highest BCUT2D eigenvalue weighted by molar-refractivity contribution is 5.69. The quantitative estimate of drug-likeness (QED) is 0.537. The standard InChI is InChI=1S/C7H2N8O8/c16-12(17)3-1-4(13(18)19)6(5(2-3)14(20)21)11-9-7(8-10-11)15(22)23/h1-2H. The molecule has 0 aliphatic carbocycles. The Morgan fingerprint density at radius 2 is 1.35 bits per heavy atom. The summed E-state index contributed by atoms with van der Waals surface area (Å²) in [6.45, 7) is 0. The van der Waals surface area contributed by atoms with Gasteiger partial charge in [0.25, 0.3) is 11.4 Å². The fourth-order valence-electron chi connectivity index (χ4n) is 1.55. The van der Waals surface area contributed by atoms with E-state index in [1.807, 2.05) is 0 Å². The Labute approximate surface area is 122 Å². The second-order valence-electron chi connectivity index (χ2n) is 3.74. The number of aromatic nitrogens is 4. The Balaban J connectivity index is 2.82. The number of rotatable bonds is 5. The summed E-state index contributed by atoms with van der Waals surface area (Å²) in [5.74, 6) is -1.06. The van der Waals surface area contributed by atoms with Crippen LogP contribution < -0.4 is 0 Å². The van der Waals surface area contributed by atoms with Gasteiger partial charge in [0.1, 0.15) is 0 Å². The lowest BCUT2D eigenvalue weighted by atomic mass is 10.2. The molecule has 2 aromatic rings. The van der Waals surface area contributed by atoms with Crippen molar-refractivity contribution in [2.24, 2.45) is 0 Å². The minimum atomic E-state index is -1.15. The number of hydrogen-bond donors (Lipinski definition) is 0. The predicted octanol–water partition coefficient (Wildman–Crippen LogP) is 0.295. The van der Waals surface area contributed by atoms with Gasteiger partial charge >= 0.3 is 17.3 Å². The average Bonchev–Trinajstić information content (AvgIpc) is 2.95. The van der Waals surface area contributed by atoms with Crippen LogP contribution >= 0.6 is 0 Å². The van der Waals surface area contributed by atoms with Crippen LogP contribution in [-0.4, -0.2) is 39.9 Å². The molecule has 23 heavy (non-hydrogen) atoms. The van der Waals surface area contributed by atoms with E-state index >= 15 is 0 Å². The van der Waals surface area contributed by atoms with Crippen LogP contribution in [0.15, 0.2) is 12.1 Å². The van der Waals surface area contributed by atoms with E-state index in [-0.39, 0.29) is 4.80 Å². The summed E-state index contributed by atoms with van der Waals surface area (Å²) in [6.07, 6.45) is 0. The zero-order chi connectivity index (χ0) is 17.3. The minimum absolute atomic E-state index is 0.193. The van der Waals surface area contributed by atoms with Gasteiger partial charge in [-0.2, -0.15) is 0 Å². The number of tetrazole rings is 1. The first kappa shape index (κ1) is 15.3. The lowest BCUT2D eigenvalue weighted by Gasteiger charge is -2.00. The summed E-state index contributed by atoms with van der Waals surface area (Å²) in [5.41, 5.74) is -3.98. The second-order valence-corrected chi connectivity index (χ2v) is 3.74. The molecule has 0 saturated heterocycles. The zero-order valence-electron chi connectivity index (χ0n) is 10.5. The SMILES string of the molecule is O=[N+]([O-])c1cc([N+](=O)[O-])c(-n2nnc([N+](=O)[O-])n2)c([N+](=O)[O-])c1. The van der Waals surface area contributed by atoms with E-state index in [4.69, 9.17) is 0 Å². The van der Waals surface area contributed by atoms with E-state index < -0.39 is 48.4 Å². The molecule has 0 amide bonds. The second kappa shape index (κ2) is 5.35. The molecule has 0 spiro atoms. The first-order valence-corrected chi connectivity index (χ1v) is 5.28. The third-order valence-electron chi connectivity index (χ3n) is 2.43. The number of nitro benzene ring substituents is 3. The van der Waals surface area contributed by atoms with Crippen LogP contribution in [0.2, 0.25) is 0 Å². The van der Waals surface area contributed by atoms with Crippen molar-refractivity contribution in [2.45, 2.75) is 0 Å². The topological polar surface area (TPSA) is 216 Å². The molecule has 0 aliphatic rings. The molecule has 1 aromatic carbocycles. The first-order valence-electron chi connectivity index (χ1n) is 5.28. The van der Waals surface area contributed by atoms with Crippen LogP contribution in [0.4, 0.5) is 23.0 Å². The predicted molar refractivity (Wildman–Crippen MR) is 65.8 cm³/mol. The Hall–Kier alpha value is -4.11. The summed E-state index contributed by atoms with van der Waals surface area (Å²) in [6, 6.07) is 0.884. The van der Waals surface area contributed by atoms with Gasteiger partial charge < -0.3 is 10.1 Å². The van der Waals surface area contributed by atoms with Crippen LogP contribution in [0.5, 0.6) is 0 Å². The van der Waals surface area contributed by atoms with E-state index in [1.54, 1.807) is 0 Å². The summed E-state index contributed by atoms with van der Waals surface area (Å²) >= 11 is 0. The number of non-ortho nitro benzene ring substituents is 1. The van der Waals surface area contributed by atoms with Crippen LogP contribution in [-0.2, 0) is 0 Å². The van der Waals surface area contributed by atoms with E-state index in [0.717, 1.165) is 0 Å². The molecule has 16 nitrogen and oxygen atoms in total. The highest BCUT2D eigenvalue weighted by atomic mass is 16.6. The van der Waals surface area contributed by atoms with Gasteiger partial charge in [0.2, 0.25) is 0 Å². The van der Waals surface area contributed by atoms with Gasteiger partial charge in [-0.3, -0.25) is 30.3 Å². The van der Waals surface area contributed by atoms with Crippen LogP contribution in [0.1, 0.15) is 0 Å². The fourth-order valence-corrected chi connectivity index (χ4v) is 1.55. The van der Waals surface area contributed by atoms with Gasteiger partial charge in [-0.15, -0.1) is 0 Å². The van der Waals surface area contributed by atoms with Gasteiger partial charge in [0, 0.05) is 0 Å². The van der Waals surface area contributed by atoms with Gasteiger partial charge in [0.05, 0.1) is 42.3 Å². The Morgan fingerprint density at radius 1 is 0.826 bits per heavy atom. The first-order chi connectivity index (χ1) is 10.7. The summed E-state index contributed by atoms with van der Waals surface area (Å²) in [7, 11) is 0. The molecule has 2 rings (SSSR count). The van der Waals surface area contributed by atoms with Crippen molar-refractivity contribution in [3.05, 3.63) is 52.6 Å². The van der Waals surface area contributed by atoms with Crippen LogP contribution in [0.3, 0.4) is 0 Å². The van der Waals surface area contributed by atoms with Crippen molar-refractivity contribution in [1.82, 2.24) is 20.2 Å².